The van der Waals surface area contributed by atoms with E-state index in [1.165, 1.54) is 5.69 Å². The van der Waals surface area contributed by atoms with Crippen LogP contribution in [0.2, 0.25) is 0 Å². The Morgan fingerprint density at radius 2 is 1.52 bits per heavy atom. The van der Waals surface area contributed by atoms with Crippen molar-refractivity contribution in [3.8, 4) is 17.2 Å². The normalized spacial score (nSPS) is 15.2. The minimum absolute atomic E-state index is 0.319. The molecule has 0 aliphatic carbocycles. The number of ether oxygens (including phenoxy) is 2. The topological polar surface area (TPSA) is 45.2 Å². The second kappa shape index (κ2) is 8.62. The molecule has 0 atom stereocenters. The van der Waals surface area contributed by atoms with Crippen molar-refractivity contribution >= 4 is 5.69 Å². The van der Waals surface area contributed by atoms with Gasteiger partial charge in [-0.15, -0.1) is 0 Å². The van der Waals surface area contributed by atoms with Crippen LogP contribution in [-0.2, 0) is 0 Å². The highest BCUT2D eigenvalue weighted by Gasteiger charge is 2.16. The van der Waals surface area contributed by atoms with Crippen molar-refractivity contribution in [2.24, 2.45) is 0 Å². The molecule has 134 valence electrons. The van der Waals surface area contributed by atoms with Crippen molar-refractivity contribution in [3.63, 3.8) is 0 Å². The van der Waals surface area contributed by atoms with Crippen LogP contribution in [0.15, 0.2) is 48.5 Å². The van der Waals surface area contributed by atoms with Crippen LogP contribution in [0.3, 0.4) is 0 Å². The summed E-state index contributed by atoms with van der Waals surface area (Å²) in [6.07, 6.45) is 1.02. The molecule has 1 saturated heterocycles. The summed E-state index contributed by atoms with van der Waals surface area (Å²) in [7, 11) is 1.66. The minimum atomic E-state index is 0.319. The monoisotopic (exact) mass is 342 g/mol. The Balaban J connectivity index is 1.34. The third-order valence-corrected chi connectivity index (χ3v) is 4.53. The maximum atomic E-state index is 9.38. The van der Waals surface area contributed by atoms with E-state index in [-0.39, 0.29) is 0 Å². The number of hydrogen-bond acceptors (Lipinski definition) is 5. The lowest BCUT2D eigenvalue weighted by Gasteiger charge is -2.36. The summed E-state index contributed by atoms with van der Waals surface area (Å²) in [5.74, 6) is 2.05. The number of hydrogen-bond donors (Lipinski definition) is 1. The van der Waals surface area contributed by atoms with Crippen molar-refractivity contribution in [1.29, 1.82) is 0 Å². The molecule has 0 unspecified atom stereocenters. The fraction of sp³-hybridized carbons (Fsp3) is 0.400. The molecular formula is C20H26N2O3. The smallest absolute Gasteiger partial charge is 0.119 e. The molecule has 0 spiro atoms. The summed E-state index contributed by atoms with van der Waals surface area (Å²) in [6, 6.07) is 15.2. The number of rotatable bonds is 7. The van der Waals surface area contributed by atoms with E-state index in [1.54, 1.807) is 19.2 Å². The number of aromatic hydroxyl groups is 1. The molecule has 1 N–H and O–H groups in total. The first kappa shape index (κ1) is 17.4. The maximum Gasteiger partial charge on any atom is 0.119 e. The summed E-state index contributed by atoms with van der Waals surface area (Å²) in [4.78, 5) is 4.85. The molecule has 0 amide bonds. The lowest BCUT2D eigenvalue weighted by molar-refractivity contribution is 0.224. The number of phenols is 1. The molecule has 3 rings (SSSR count). The summed E-state index contributed by atoms with van der Waals surface area (Å²) in [6.45, 7) is 5.94. The van der Waals surface area contributed by atoms with E-state index in [1.807, 2.05) is 36.4 Å². The van der Waals surface area contributed by atoms with Gasteiger partial charge in [0.2, 0.25) is 0 Å². The molecule has 0 bridgehead atoms. The third kappa shape index (κ3) is 5.03. The van der Waals surface area contributed by atoms with Crippen LogP contribution < -0.4 is 14.4 Å². The molecule has 2 aromatic rings. The van der Waals surface area contributed by atoms with E-state index in [0.29, 0.717) is 5.75 Å². The van der Waals surface area contributed by atoms with Gasteiger partial charge in [-0.3, -0.25) is 4.90 Å². The second-order valence-electron chi connectivity index (χ2n) is 6.22. The molecule has 1 fully saturated rings. The van der Waals surface area contributed by atoms with Crippen LogP contribution in [0.25, 0.3) is 0 Å². The highest BCUT2D eigenvalue weighted by molar-refractivity contribution is 5.49. The van der Waals surface area contributed by atoms with Crippen molar-refractivity contribution in [3.05, 3.63) is 48.5 Å². The predicted molar refractivity (Wildman–Crippen MR) is 99.9 cm³/mol. The molecule has 0 aromatic heterocycles. The predicted octanol–water partition coefficient (Wildman–Crippen LogP) is 2.99. The van der Waals surface area contributed by atoms with Gasteiger partial charge >= 0.3 is 0 Å². The Bertz CT molecular complexity index is 635. The highest BCUT2D eigenvalue weighted by Crippen LogP contribution is 2.20. The first-order chi connectivity index (χ1) is 12.2. The molecule has 2 aromatic carbocycles. The van der Waals surface area contributed by atoms with Gasteiger partial charge in [-0.1, -0.05) is 0 Å². The molecule has 0 radical (unpaired) electrons. The van der Waals surface area contributed by atoms with Crippen molar-refractivity contribution in [2.45, 2.75) is 6.42 Å². The molecule has 1 aliphatic rings. The van der Waals surface area contributed by atoms with Gasteiger partial charge in [0.15, 0.2) is 0 Å². The Hall–Kier alpha value is -2.40. The van der Waals surface area contributed by atoms with Crippen LogP contribution in [0.1, 0.15) is 6.42 Å². The van der Waals surface area contributed by atoms with E-state index < -0.39 is 0 Å². The number of methoxy groups -OCH3 is 1. The van der Waals surface area contributed by atoms with Crippen LogP contribution in [-0.4, -0.2) is 56.4 Å². The van der Waals surface area contributed by atoms with Gasteiger partial charge in [0, 0.05) is 38.4 Å². The molecule has 5 nitrogen and oxygen atoms in total. The fourth-order valence-electron chi connectivity index (χ4n) is 3.04. The van der Waals surface area contributed by atoms with Crippen molar-refractivity contribution < 1.29 is 14.6 Å². The van der Waals surface area contributed by atoms with Crippen molar-refractivity contribution in [2.75, 3.05) is 51.3 Å². The Morgan fingerprint density at radius 3 is 2.16 bits per heavy atom. The summed E-state index contributed by atoms with van der Waals surface area (Å²) < 4.78 is 10.9. The van der Waals surface area contributed by atoms with E-state index in [2.05, 4.69) is 9.80 Å². The van der Waals surface area contributed by atoms with E-state index in [0.717, 1.165) is 57.3 Å². The standard InChI is InChI=1S/C20H26N2O3/c1-24-19-7-9-20(10-8-19)25-16-2-11-21-12-14-22(15-13-21)17-3-5-18(23)6-4-17/h3-10,23H,2,11-16H2,1H3. The van der Waals surface area contributed by atoms with Crippen LogP contribution in [0.4, 0.5) is 5.69 Å². The fourth-order valence-corrected chi connectivity index (χ4v) is 3.04. The Kier molecular flexibility index (Phi) is 6.01. The molecule has 5 heteroatoms. The Morgan fingerprint density at radius 1 is 0.880 bits per heavy atom. The quantitative estimate of drug-likeness (QED) is 0.784. The average molecular weight is 342 g/mol. The zero-order valence-corrected chi connectivity index (χ0v) is 14.7. The zero-order valence-electron chi connectivity index (χ0n) is 14.7. The average Bonchev–Trinajstić information content (AvgIpc) is 2.67. The molecule has 25 heavy (non-hydrogen) atoms. The van der Waals surface area contributed by atoms with Gasteiger partial charge < -0.3 is 19.5 Å². The summed E-state index contributed by atoms with van der Waals surface area (Å²) in [5, 5.41) is 9.38. The molecule has 1 aliphatic heterocycles. The second-order valence-corrected chi connectivity index (χ2v) is 6.22. The van der Waals surface area contributed by atoms with Gasteiger partial charge in [0.25, 0.3) is 0 Å². The number of phenolic OH excluding ortho intramolecular Hbond substituents is 1. The maximum absolute atomic E-state index is 9.38. The van der Waals surface area contributed by atoms with Gasteiger partial charge in [-0.05, 0) is 55.0 Å². The number of piperazine rings is 1. The Labute approximate surface area is 149 Å². The van der Waals surface area contributed by atoms with E-state index in [4.69, 9.17) is 9.47 Å². The number of anilines is 1. The summed E-state index contributed by atoms with van der Waals surface area (Å²) >= 11 is 0. The van der Waals surface area contributed by atoms with Gasteiger partial charge in [0.05, 0.1) is 13.7 Å². The minimum Gasteiger partial charge on any atom is -0.508 e. The van der Waals surface area contributed by atoms with Gasteiger partial charge in [0.1, 0.15) is 17.2 Å². The molecule has 1 heterocycles. The highest BCUT2D eigenvalue weighted by atomic mass is 16.5. The van der Waals surface area contributed by atoms with Gasteiger partial charge in [-0.25, -0.2) is 0 Å². The first-order valence-electron chi connectivity index (χ1n) is 8.78. The number of benzene rings is 2. The van der Waals surface area contributed by atoms with Gasteiger partial charge in [-0.2, -0.15) is 0 Å². The first-order valence-corrected chi connectivity index (χ1v) is 8.78. The number of nitrogens with zero attached hydrogens (tertiary/aromatic N) is 2. The zero-order chi connectivity index (χ0) is 17.5. The van der Waals surface area contributed by atoms with Crippen LogP contribution in [0, 0.1) is 0 Å². The van der Waals surface area contributed by atoms with Crippen molar-refractivity contribution in [1.82, 2.24) is 4.90 Å². The molecular weight excluding hydrogens is 316 g/mol. The van der Waals surface area contributed by atoms with E-state index >= 15 is 0 Å². The van der Waals surface area contributed by atoms with Crippen LogP contribution >= 0.6 is 0 Å². The lowest BCUT2D eigenvalue weighted by atomic mass is 10.2. The van der Waals surface area contributed by atoms with E-state index in [9.17, 15) is 5.11 Å². The summed E-state index contributed by atoms with van der Waals surface area (Å²) in [5.41, 5.74) is 1.18. The SMILES string of the molecule is COc1ccc(OCCCN2CCN(c3ccc(O)cc3)CC2)cc1. The lowest BCUT2D eigenvalue weighted by Crippen LogP contribution is -2.46. The van der Waals surface area contributed by atoms with Crippen LogP contribution in [0.5, 0.6) is 17.2 Å². The molecule has 0 saturated carbocycles. The third-order valence-electron chi connectivity index (χ3n) is 4.53. The largest absolute Gasteiger partial charge is 0.508 e.